The van der Waals surface area contributed by atoms with Gasteiger partial charge in [-0.25, -0.2) is 4.98 Å². The Morgan fingerprint density at radius 3 is 2.74 bits per heavy atom. The van der Waals surface area contributed by atoms with Gasteiger partial charge in [0.1, 0.15) is 5.82 Å². The Hall–Kier alpha value is -2.14. The highest BCUT2D eigenvalue weighted by Crippen LogP contribution is 2.39. The number of aromatic nitrogens is 2. The molecule has 1 atom stereocenters. The highest BCUT2D eigenvalue weighted by Gasteiger charge is 2.26. The van der Waals surface area contributed by atoms with Gasteiger partial charge in [0.05, 0.1) is 12.3 Å². The zero-order valence-corrected chi connectivity index (χ0v) is 13.7. The van der Waals surface area contributed by atoms with Crippen LogP contribution >= 0.6 is 0 Å². The number of anilines is 2. The van der Waals surface area contributed by atoms with E-state index in [9.17, 15) is 5.11 Å². The van der Waals surface area contributed by atoms with Gasteiger partial charge in [-0.05, 0) is 37.8 Å². The third-order valence-electron chi connectivity index (χ3n) is 4.11. The molecule has 0 saturated heterocycles. The van der Waals surface area contributed by atoms with Gasteiger partial charge < -0.3 is 15.7 Å². The normalized spacial score (nSPS) is 15.3. The van der Waals surface area contributed by atoms with Crippen LogP contribution in [0.5, 0.6) is 0 Å². The predicted octanol–water partition coefficient (Wildman–Crippen LogP) is 3.07. The van der Waals surface area contributed by atoms with Crippen LogP contribution in [0.2, 0.25) is 0 Å². The van der Waals surface area contributed by atoms with Crippen molar-refractivity contribution in [1.29, 1.82) is 0 Å². The monoisotopic (exact) mass is 312 g/mol. The fourth-order valence-electron chi connectivity index (χ4n) is 2.47. The van der Waals surface area contributed by atoms with Gasteiger partial charge in [-0.3, -0.25) is 0 Å². The number of aliphatic hydroxyl groups excluding tert-OH is 1. The summed E-state index contributed by atoms with van der Waals surface area (Å²) in [7, 11) is 0. The van der Waals surface area contributed by atoms with Crippen molar-refractivity contribution in [2.75, 3.05) is 17.2 Å². The van der Waals surface area contributed by atoms with Crippen molar-refractivity contribution in [2.45, 2.75) is 45.2 Å². The molecule has 1 aromatic heterocycles. The molecular formula is C18H24N4O. The van der Waals surface area contributed by atoms with Crippen LogP contribution in [0.3, 0.4) is 0 Å². The number of rotatable bonds is 7. The summed E-state index contributed by atoms with van der Waals surface area (Å²) in [6.07, 6.45) is 2.40. The molecule has 1 aromatic carbocycles. The molecule has 3 N–H and O–H groups in total. The topological polar surface area (TPSA) is 70.1 Å². The maximum Gasteiger partial charge on any atom is 0.225 e. The summed E-state index contributed by atoms with van der Waals surface area (Å²) < 4.78 is 0. The van der Waals surface area contributed by atoms with E-state index in [2.05, 4.69) is 45.7 Å². The van der Waals surface area contributed by atoms with Crippen molar-refractivity contribution in [3.8, 4) is 0 Å². The van der Waals surface area contributed by atoms with Gasteiger partial charge in [0.2, 0.25) is 5.95 Å². The Morgan fingerprint density at radius 2 is 2.04 bits per heavy atom. The molecule has 5 heteroatoms. The maximum absolute atomic E-state index is 9.21. The van der Waals surface area contributed by atoms with Gasteiger partial charge in [-0.2, -0.15) is 4.98 Å². The lowest BCUT2D eigenvalue weighted by molar-refractivity contribution is 0.281. The van der Waals surface area contributed by atoms with Crippen LogP contribution < -0.4 is 10.6 Å². The number of nitrogens with zero attached hydrogens (tertiary/aromatic N) is 2. The Labute approximate surface area is 137 Å². The summed E-state index contributed by atoms with van der Waals surface area (Å²) in [5.74, 6) is 1.98. The first-order chi connectivity index (χ1) is 11.2. The van der Waals surface area contributed by atoms with Crippen LogP contribution in [-0.2, 0) is 6.54 Å². The first kappa shape index (κ1) is 15.7. The molecule has 0 unspecified atom stereocenters. The Morgan fingerprint density at radius 1 is 1.26 bits per heavy atom. The van der Waals surface area contributed by atoms with Crippen molar-refractivity contribution in [3.05, 3.63) is 47.2 Å². The molecule has 0 spiro atoms. The lowest BCUT2D eigenvalue weighted by Gasteiger charge is -2.14. The zero-order chi connectivity index (χ0) is 16.2. The van der Waals surface area contributed by atoms with Crippen LogP contribution in [-0.4, -0.2) is 27.7 Å². The smallest absolute Gasteiger partial charge is 0.225 e. The molecule has 1 heterocycles. The lowest BCUT2D eigenvalue weighted by Crippen LogP contribution is -2.21. The van der Waals surface area contributed by atoms with Gasteiger partial charge in [0, 0.05) is 24.6 Å². The fourth-order valence-corrected chi connectivity index (χ4v) is 2.47. The third kappa shape index (κ3) is 4.20. The maximum atomic E-state index is 9.21. The zero-order valence-electron chi connectivity index (χ0n) is 13.7. The van der Waals surface area contributed by atoms with E-state index in [1.165, 1.54) is 24.0 Å². The molecule has 1 aliphatic rings. The summed E-state index contributed by atoms with van der Waals surface area (Å²) in [6.45, 7) is 4.82. The molecule has 0 radical (unpaired) electrons. The van der Waals surface area contributed by atoms with Crippen molar-refractivity contribution in [3.63, 3.8) is 0 Å². The van der Waals surface area contributed by atoms with E-state index in [4.69, 9.17) is 0 Å². The molecule has 0 bridgehead atoms. The second-order valence-corrected chi connectivity index (χ2v) is 6.28. The van der Waals surface area contributed by atoms with Crippen LogP contribution in [0.1, 0.15) is 42.5 Å². The van der Waals surface area contributed by atoms with Gasteiger partial charge in [0.15, 0.2) is 0 Å². The lowest BCUT2D eigenvalue weighted by atomic mass is 10.1. The highest BCUT2D eigenvalue weighted by molar-refractivity contribution is 5.45. The van der Waals surface area contributed by atoms with E-state index in [-0.39, 0.29) is 12.6 Å². The van der Waals surface area contributed by atoms with E-state index >= 15 is 0 Å². The van der Waals surface area contributed by atoms with Gasteiger partial charge >= 0.3 is 0 Å². The quantitative estimate of drug-likeness (QED) is 0.733. The van der Waals surface area contributed by atoms with E-state index in [0.717, 1.165) is 18.1 Å². The molecule has 122 valence electrons. The average Bonchev–Trinajstić information content (AvgIpc) is 3.39. The van der Waals surface area contributed by atoms with Crippen molar-refractivity contribution in [1.82, 2.24) is 9.97 Å². The Bertz CT molecular complexity index is 670. The highest BCUT2D eigenvalue weighted by atomic mass is 16.3. The Kier molecular flexibility index (Phi) is 4.76. The molecular weight excluding hydrogens is 288 g/mol. The fraction of sp³-hybridized carbons (Fsp3) is 0.444. The van der Waals surface area contributed by atoms with Crippen molar-refractivity contribution in [2.24, 2.45) is 0 Å². The molecule has 1 aliphatic carbocycles. The summed E-state index contributed by atoms with van der Waals surface area (Å²) in [6, 6.07) is 10.3. The summed E-state index contributed by atoms with van der Waals surface area (Å²) in [4.78, 5) is 9.11. The van der Waals surface area contributed by atoms with E-state index in [1.54, 1.807) is 0 Å². The number of nitrogens with one attached hydrogen (secondary N) is 2. The number of aliphatic hydroxyl groups is 1. The van der Waals surface area contributed by atoms with Gasteiger partial charge in [-0.1, -0.05) is 24.3 Å². The summed E-state index contributed by atoms with van der Waals surface area (Å²) in [5.41, 5.74) is 3.61. The molecule has 3 rings (SSSR count). The molecule has 2 aromatic rings. The van der Waals surface area contributed by atoms with Gasteiger partial charge in [0.25, 0.3) is 0 Å². The number of hydrogen-bond donors (Lipinski definition) is 3. The SMILES string of the molecule is Cc1ccccc1CNc1cc(C2CC2)nc(N[C@@H](C)CO)n1. The second kappa shape index (κ2) is 6.96. The molecule has 1 saturated carbocycles. The predicted molar refractivity (Wildman–Crippen MR) is 92.7 cm³/mol. The molecule has 0 amide bonds. The second-order valence-electron chi connectivity index (χ2n) is 6.28. The van der Waals surface area contributed by atoms with E-state index < -0.39 is 0 Å². The van der Waals surface area contributed by atoms with Crippen molar-refractivity contribution >= 4 is 11.8 Å². The average molecular weight is 312 g/mol. The molecule has 1 fully saturated rings. The summed E-state index contributed by atoms with van der Waals surface area (Å²) >= 11 is 0. The molecule has 0 aliphatic heterocycles. The number of benzene rings is 1. The van der Waals surface area contributed by atoms with Crippen LogP contribution in [0, 0.1) is 6.92 Å². The standard InChI is InChI=1S/C18H24N4O/c1-12-5-3-4-6-15(12)10-19-17-9-16(14-7-8-14)21-18(22-17)20-13(2)11-23/h3-6,9,13-14,23H,7-8,10-11H2,1-2H3,(H2,19,20,21,22)/t13-/m0/s1. The minimum absolute atomic E-state index is 0.0585. The minimum Gasteiger partial charge on any atom is -0.394 e. The van der Waals surface area contributed by atoms with Crippen molar-refractivity contribution < 1.29 is 5.11 Å². The van der Waals surface area contributed by atoms with Crippen LogP contribution in [0.4, 0.5) is 11.8 Å². The number of hydrogen-bond acceptors (Lipinski definition) is 5. The van der Waals surface area contributed by atoms with E-state index in [1.807, 2.05) is 19.1 Å². The third-order valence-corrected chi connectivity index (χ3v) is 4.11. The summed E-state index contributed by atoms with van der Waals surface area (Å²) in [5, 5.41) is 15.8. The minimum atomic E-state index is -0.0614. The Balaban J connectivity index is 1.76. The first-order valence-electron chi connectivity index (χ1n) is 8.20. The first-order valence-corrected chi connectivity index (χ1v) is 8.20. The molecule has 5 nitrogen and oxygen atoms in total. The van der Waals surface area contributed by atoms with E-state index in [0.29, 0.717) is 11.9 Å². The number of aryl methyl sites for hydroxylation is 1. The van der Waals surface area contributed by atoms with Gasteiger partial charge in [-0.15, -0.1) is 0 Å². The molecule has 23 heavy (non-hydrogen) atoms. The largest absolute Gasteiger partial charge is 0.394 e. The van der Waals surface area contributed by atoms with Crippen LogP contribution in [0.25, 0.3) is 0 Å². The van der Waals surface area contributed by atoms with Crippen LogP contribution in [0.15, 0.2) is 30.3 Å².